The van der Waals surface area contributed by atoms with E-state index < -0.39 is 0 Å². The van der Waals surface area contributed by atoms with Gasteiger partial charge in [0.25, 0.3) is 5.56 Å². The lowest BCUT2D eigenvalue weighted by atomic mass is 10.1. The average molecular weight is 230 g/mol. The van der Waals surface area contributed by atoms with E-state index in [1.807, 2.05) is 25.1 Å². The van der Waals surface area contributed by atoms with Crippen molar-refractivity contribution in [3.8, 4) is 0 Å². The molecule has 4 heteroatoms. The van der Waals surface area contributed by atoms with Crippen LogP contribution in [-0.4, -0.2) is 17.5 Å². The number of nitrogens with one attached hydrogen (secondary N) is 1. The third-order valence-corrected chi connectivity index (χ3v) is 2.73. The second kappa shape index (κ2) is 4.41. The Hall–Kier alpha value is -2.10. The molecule has 0 saturated carbocycles. The van der Waals surface area contributed by atoms with Crippen molar-refractivity contribution < 1.29 is 4.79 Å². The van der Waals surface area contributed by atoms with Crippen LogP contribution < -0.4 is 10.9 Å². The van der Waals surface area contributed by atoms with Crippen LogP contribution in [0.15, 0.2) is 35.3 Å². The highest BCUT2D eigenvalue weighted by molar-refractivity contribution is 5.82. The van der Waals surface area contributed by atoms with Crippen LogP contribution in [0.5, 0.6) is 0 Å². The van der Waals surface area contributed by atoms with Gasteiger partial charge in [0, 0.05) is 18.6 Å². The largest absolute Gasteiger partial charge is 0.358 e. The van der Waals surface area contributed by atoms with Gasteiger partial charge in [-0.3, -0.25) is 9.59 Å². The monoisotopic (exact) mass is 230 g/mol. The SMILES string of the molecule is CNC(=O)Cn1ccc2cc(C)ccc2c1=O. The molecule has 1 N–H and O–H groups in total. The third-order valence-electron chi connectivity index (χ3n) is 2.73. The predicted octanol–water partition coefficient (Wildman–Crippen LogP) is 1.06. The molecule has 0 aliphatic rings. The standard InChI is InChI=1S/C13H14N2O2/c1-9-3-4-11-10(7-9)5-6-15(13(11)17)8-12(16)14-2/h3-7H,8H2,1-2H3,(H,14,16). The minimum absolute atomic E-state index is 0.0547. The summed E-state index contributed by atoms with van der Waals surface area (Å²) in [4.78, 5) is 23.3. The lowest BCUT2D eigenvalue weighted by molar-refractivity contribution is -0.121. The summed E-state index contributed by atoms with van der Waals surface area (Å²) in [6, 6.07) is 7.51. The fraction of sp³-hybridized carbons (Fsp3) is 0.231. The summed E-state index contributed by atoms with van der Waals surface area (Å²) in [6.45, 7) is 2.04. The molecule has 4 nitrogen and oxygen atoms in total. The first-order valence-corrected chi connectivity index (χ1v) is 5.42. The molecule has 1 aromatic heterocycles. The van der Waals surface area contributed by atoms with E-state index in [0.717, 1.165) is 10.9 Å². The van der Waals surface area contributed by atoms with E-state index in [0.29, 0.717) is 5.39 Å². The molecule has 0 saturated heterocycles. The van der Waals surface area contributed by atoms with Crippen LogP contribution in [0, 0.1) is 6.92 Å². The maximum absolute atomic E-state index is 12.1. The molecule has 1 heterocycles. The van der Waals surface area contributed by atoms with E-state index in [2.05, 4.69) is 5.32 Å². The van der Waals surface area contributed by atoms with E-state index in [9.17, 15) is 9.59 Å². The first kappa shape index (κ1) is 11.4. The van der Waals surface area contributed by atoms with E-state index in [-0.39, 0.29) is 18.0 Å². The highest BCUT2D eigenvalue weighted by Crippen LogP contribution is 2.11. The lowest BCUT2D eigenvalue weighted by Gasteiger charge is -2.06. The first-order chi connectivity index (χ1) is 8.11. The topological polar surface area (TPSA) is 51.1 Å². The van der Waals surface area contributed by atoms with Crippen molar-refractivity contribution in [2.75, 3.05) is 7.05 Å². The Morgan fingerprint density at radius 1 is 1.35 bits per heavy atom. The Morgan fingerprint density at radius 2 is 2.12 bits per heavy atom. The second-order valence-corrected chi connectivity index (χ2v) is 4.01. The predicted molar refractivity (Wildman–Crippen MR) is 67.0 cm³/mol. The van der Waals surface area contributed by atoms with Crippen molar-refractivity contribution in [2.45, 2.75) is 13.5 Å². The zero-order valence-electron chi connectivity index (χ0n) is 9.86. The molecule has 1 aromatic carbocycles. The number of amides is 1. The normalized spacial score (nSPS) is 10.5. The number of aromatic nitrogens is 1. The summed E-state index contributed by atoms with van der Waals surface area (Å²) >= 11 is 0. The third kappa shape index (κ3) is 2.20. The Balaban J connectivity index is 2.54. The summed E-state index contributed by atoms with van der Waals surface area (Å²) in [5.74, 6) is -0.182. The fourth-order valence-electron chi connectivity index (χ4n) is 1.77. The van der Waals surface area contributed by atoms with Gasteiger partial charge in [-0.25, -0.2) is 0 Å². The average Bonchev–Trinajstić information content (AvgIpc) is 2.32. The summed E-state index contributed by atoms with van der Waals surface area (Å²) < 4.78 is 1.41. The van der Waals surface area contributed by atoms with Gasteiger partial charge in [-0.05, 0) is 24.4 Å². The molecule has 0 fully saturated rings. The number of hydrogen-bond donors (Lipinski definition) is 1. The molecular formula is C13H14N2O2. The number of benzene rings is 1. The summed E-state index contributed by atoms with van der Waals surface area (Å²) in [6.07, 6.45) is 1.65. The molecular weight excluding hydrogens is 216 g/mol. The minimum atomic E-state index is -0.182. The van der Waals surface area contributed by atoms with E-state index in [1.54, 1.807) is 19.3 Å². The van der Waals surface area contributed by atoms with Gasteiger partial charge in [0.15, 0.2) is 0 Å². The van der Waals surface area contributed by atoms with Crippen molar-refractivity contribution in [3.05, 3.63) is 46.4 Å². The minimum Gasteiger partial charge on any atom is -0.358 e. The van der Waals surface area contributed by atoms with Crippen molar-refractivity contribution in [3.63, 3.8) is 0 Å². The van der Waals surface area contributed by atoms with Crippen molar-refractivity contribution in [1.82, 2.24) is 9.88 Å². The van der Waals surface area contributed by atoms with Gasteiger partial charge in [0.05, 0.1) is 0 Å². The lowest BCUT2D eigenvalue weighted by Crippen LogP contribution is -2.29. The molecule has 0 spiro atoms. The molecule has 2 aromatic rings. The molecule has 2 rings (SSSR count). The van der Waals surface area contributed by atoms with Crippen LogP contribution in [-0.2, 0) is 11.3 Å². The number of carbonyl (C=O) groups is 1. The molecule has 0 aliphatic carbocycles. The maximum Gasteiger partial charge on any atom is 0.258 e. The number of rotatable bonds is 2. The molecule has 1 amide bonds. The molecule has 88 valence electrons. The molecule has 0 unspecified atom stereocenters. The Bertz CT molecular complexity index is 629. The zero-order chi connectivity index (χ0) is 12.4. The molecule has 0 atom stereocenters. The van der Waals surface area contributed by atoms with Crippen LogP contribution in [0.4, 0.5) is 0 Å². The van der Waals surface area contributed by atoms with Gasteiger partial charge in [-0.2, -0.15) is 0 Å². The number of carbonyl (C=O) groups excluding carboxylic acids is 1. The van der Waals surface area contributed by atoms with Crippen LogP contribution in [0.2, 0.25) is 0 Å². The Kier molecular flexibility index (Phi) is 2.95. The van der Waals surface area contributed by atoms with Crippen molar-refractivity contribution in [2.24, 2.45) is 0 Å². The summed E-state index contributed by atoms with van der Waals surface area (Å²) in [7, 11) is 1.55. The number of fused-ring (bicyclic) bond motifs is 1. The Labute approximate surface area is 98.9 Å². The maximum atomic E-state index is 12.1. The van der Waals surface area contributed by atoms with E-state index in [1.165, 1.54) is 4.57 Å². The van der Waals surface area contributed by atoms with Gasteiger partial charge in [0.1, 0.15) is 6.54 Å². The highest BCUT2D eigenvalue weighted by atomic mass is 16.2. The molecule has 17 heavy (non-hydrogen) atoms. The summed E-state index contributed by atoms with van der Waals surface area (Å²) in [5, 5.41) is 4.05. The van der Waals surface area contributed by atoms with Crippen LogP contribution >= 0.6 is 0 Å². The number of pyridine rings is 1. The number of likely N-dealkylation sites (N-methyl/N-ethyl adjacent to an activating group) is 1. The van der Waals surface area contributed by atoms with E-state index in [4.69, 9.17) is 0 Å². The van der Waals surface area contributed by atoms with Crippen LogP contribution in [0.25, 0.3) is 10.8 Å². The molecule has 0 aliphatic heterocycles. The number of nitrogens with zero attached hydrogens (tertiary/aromatic N) is 1. The van der Waals surface area contributed by atoms with Gasteiger partial charge < -0.3 is 9.88 Å². The number of aryl methyl sites for hydroxylation is 1. The highest BCUT2D eigenvalue weighted by Gasteiger charge is 2.05. The van der Waals surface area contributed by atoms with Crippen molar-refractivity contribution in [1.29, 1.82) is 0 Å². The van der Waals surface area contributed by atoms with Gasteiger partial charge >= 0.3 is 0 Å². The second-order valence-electron chi connectivity index (χ2n) is 4.01. The van der Waals surface area contributed by atoms with Crippen LogP contribution in [0.1, 0.15) is 5.56 Å². The van der Waals surface area contributed by atoms with Crippen molar-refractivity contribution >= 4 is 16.7 Å². The van der Waals surface area contributed by atoms with Gasteiger partial charge in [-0.1, -0.05) is 17.7 Å². The molecule has 0 radical (unpaired) electrons. The number of hydrogen-bond acceptors (Lipinski definition) is 2. The molecule has 0 bridgehead atoms. The van der Waals surface area contributed by atoms with Gasteiger partial charge in [-0.15, -0.1) is 0 Å². The first-order valence-electron chi connectivity index (χ1n) is 5.42. The smallest absolute Gasteiger partial charge is 0.258 e. The van der Waals surface area contributed by atoms with Gasteiger partial charge in [0.2, 0.25) is 5.91 Å². The zero-order valence-corrected chi connectivity index (χ0v) is 9.86. The quantitative estimate of drug-likeness (QED) is 0.838. The van der Waals surface area contributed by atoms with E-state index >= 15 is 0 Å². The fourth-order valence-corrected chi connectivity index (χ4v) is 1.77. The summed E-state index contributed by atoms with van der Waals surface area (Å²) in [5.41, 5.74) is 0.979. The Morgan fingerprint density at radius 3 is 2.82 bits per heavy atom. The van der Waals surface area contributed by atoms with Crippen LogP contribution in [0.3, 0.4) is 0 Å².